The number of ether oxygens (including phenoxy) is 1. The number of benzene rings is 4. The van der Waals surface area contributed by atoms with Crippen LogP contribution in [0.1, 0.15) is 11.1 Å². The van der Waals surface area contributed by atoms with Crippen LogP contribution in [0.2, 0.25) is 10.0 Å². The van der Waals surface area contributed by atoms with Gasteiger partial charge in [0, 0.05) is 15.6 Å². The van der Waals surface area contributed by atoms with Gasteiger partial charge in [0.15, 0.2) is 0 Å². The summed E-state index contributed by atoms with van der Waals surface area (Å²) in [6, 6.07) is 28.6. The minimum Gasteiger partial charge on any atom is -0.489 e. The summed E-state index contributed by atoms with van der Waals surface area (Å²) in [5, 5.41) is 5.05. The van der Waals surface area contributed by atoms with E-state index in [0.717, 1.165) is 9.87 Å². The lowest BCUT2D eigenvalue weighted by molar-refractivity contribution is -0.119. The van der Waals surface area contributed by atoms with Gasteiger partial charge in [0.1, 0.15) is 18.9 Å². The average molecular weight is 568 g/mol. The molecule has 0 aliphatic carbocycles. The van der Waals surface area contributed by atoms with Crippen LogP contribution < -0.4 is 14.5 Å². The molecule has 4 aromatic rings. The maximum absolute atomic E-state index is 13.3. The minimum atomic E-state index is -4.02. The fraction of sp³-hybridized carbons (Fsp3) is 0.0714. The lowest BCUT2D eigenvalue weighted by Crippen LogP contribution is -2.39. The minimum absolute atomic E-state index is 0.0584. The van der Waals surface area contributed by atoms with Crippen molar-refractivity contribution in [2.24, 2.45) is 5.10 Å². The molecule has 0 saturated heterocycles. The van der Waals surface area contributed by atoms with Crippen LogP contribution in [0.25, 0.3) is 0 Å². The van der Waals surface area contributed by atoms with Crippen molar-refractivity contribution in [3.05, 3.63) is 124 Å². The molecule has 0 spiro atoms. The third-order valence-corrected chi connectivity index (χ3v) is 7.78. The molecule has 38 heavy (non-hydrogen) atoms. The first-order chi connectivity index (χ1) is 18.3. The van der Waals surface area contributed by atoms with Crippen LogP contribution in [0.4, 0.5) is 5.69 Å². The molecule has 0 bridgehead atoms. The van der Waals surface area contributed by atoms with Crippen molar-refractivity contribution in [3.63, 3.8) is 0 Å². The zero-order valence-corrected chi connectivity index (χ0v) is 22.3. The van der Waals surface area contributed by atoms with E-state index in [2.05, 4.69) is 10.5 Å². The van der Waals surface area contributed by atoms with E-state index in [0.29, 0.717) is 33.7 Å². The predicted octanol–water partition coefficient (Wildman–Crippen LogP) is 5.92. The Hall–Kier alpha value is -3.85. The standard InChI is InChI=1S/C28H23Cl2N3O4S/c29-23-12-14-24(15-13-23)33(38(35,36)26-7-2-1-3-8-26)19-28(34)32-31-18-21-10-16-25(17-11-21)37-20-22-6-4-5-9-27(22)30/h1-18H,19-20H2,(H,32,34)/b31-18+. The molecular weight excluding hydrogens is 545 g/mol. The van der Waals surface area contributed by atoms with Crippen molar-refractivity contribution in [3.8, 4) is 5.75 Å². The molecule has 4 rings (SSSR count). The van der Waals surface area contributed by atoms with Gasteiger partial charge in [0.05, 0.1) is 16.8 Å². The van der Waals surface area contributed by atoms with E-state index in [-0.39, 0.29) is 4.90 Å². The highest BCUT2D eigenvalue weighted by atomic mass is 35.5. The van der Waals surface area contributed by atoms with E-state index in [4.69, 9.17) is 27.9 Å². The van der Waals surface area contributed by atoms with Crippen molar-refractivity contribution >= 4 is 51.0 Å². The van der Waals surface area contributed by atoms with Gasteiger partial charge in [-0.05, 0) is 72.3 Å². The van der Waals surface area contributed by atoms with Crippen molar-refractivity contribution in [2.75, 3.05) is 10.8 Å². The number of amides is 1. The van der Waals surface area contributed by atoms with E-state index >= 15 is 0 Å². The molecule has 0 atom stereocenters. The van der Waals surface area contributed by atoms with Crippen molar-refractivity contribution < 1.29 is 17.9 Å². The van der Waals surface area contributed by atoms with Crippen LogP contribution in [0.5, 0.6) is 5.75 Å². The van der Waals surface area contributed by atoms with Crippen LogP contribution in [-0.2, 0) is 21.4 Å². The fourth-order valence-corrected chi connectivity index (χ4v) is 5.17. The number of carbonyl (C=O) groups excluding carboxylic acids is 1. The van der Waals surface area contributed by atoms with Gasteiger partial charge in [-0.25, -0.2) is 13.8 Å². The highest BCUT2D eigenvalue weighted by molar-refractivity contribution is 7.92. The van der Waals surface area contributed by atoms with Crippen molar-refractivity contribution in [2.45, 2.75) is 11.5 Å². The third-order valence-electron chi connectivity index (χ3n) is 5.37. The molecule has 0 aliphatic heterocycles. The zero-order chi connectivity index (χ0) is 27.0. The molecule has 0 heterocycles. The first-order valence-electron chi connectivity index (χ1n) is 11.4. The molecule has 1 amide bonds. The molecule has 194 valence electrons. The Bertz CT molecular complexity index is 1510. The normalized spacial score (nSPS) is 11.3. The van der Waals surface area contributed by atoms with Gasteiger partial charge < -0.3 is 4.74 Å². The number of halogens is 2. The first-order valence-corrected chi connectivity index (χ1v) is 13.6. The van der Waals surface area contributed by atoms with Crippen LogP contribution in [0.3, 0.4) is 0 Å². The SMILES string of the molecule is O=C(CN(c1ccc(Cl)cc1)S(=O)(=O)c1ccccc1)N/N=C/c1ccc(OCc2ccccc2Cl)cc1. The summed E-state index contributed by atoms with van der Waals surface area (Å²) in [5.41, 5.74) is 4.27. The second-order valence-electron chi connectivity index (χ2n) is 8.04. The summed E-state index contributed by atoms with van der Waals surface area (Å²) in [5.74, 6) is 0.0335. The Morgan fingerprint density at radius 1 is 0.868 bits per heavy atom. The number of nitrogens with one attached hydrogen (secondary N) is 1. The fourth-order valence-electron chi connectivity index (χ4n) is 3.41. The number of sulfonamides is 1. The largest absolute Gasteiger partial charge is 0.489 e. The zero-order valence-electron chi connectivity index (χ0n) is 20.0. The predicted molar refractivity (Wildman–Crippen MR) is 150 cm³/mol. The van der Waals surface area contributed by atoms with E-state index in [1.165, 1.54) is 30.5 Å². The molecule has 0 aromatic heterocycles. The highest BCUT2D eigenvalue weighted by Gasteiger charge is 2.27. The second-order valence-corrected chi connectivity index (χ2v) is 10.7. The van der Waals surface area contributed by atoms with E-state index in [1.807, 2.05) is 18.2 Å². The topological polar surface area (TPSA) is 88.1 Å². The van der Waals surface area contributed by atoms with Gasteiger partial charge in [0.25, 0.3) is 15.9 Å². The first kappa shape index (κ1) is 27.2. The van der Waals surface area contributed by atoms with Crippen molar-refractivity contribution in [1.82, 2.24) is 5.43 Å². The van der Waals surface area contributed by atoms with E-state index < -0.39 is 22.5 Å². The summed E-state index contributed by atoms with van der Waals surface area (Å²) < 4.78 is 33.4. The molecule has 1 N–H and O–H groups in total. The van der Waals surface area contributed by atoms with Crippen LogP contribution in [0.15, 0.2) is 113 Å². The van der Waals surface area contributed by atoms with Gasteiger partial charge in [0.2, 0.25) is 0 Å². The average Bonchev–Trinajstić information content (AvgIpc) is 2.93. The Morgan fingerprint density at radius 2 is 1.53 bits per heavy atom. The number of hydrogen-bond donors (Lipinski definition) is 1. The second kappa shape index (κ2) is 12.6. The van der Waals surface area contributed by atoms with E-state index in [9.17, 15) is 13.2 Å². The molecule has 7 nitrogen and oxygen atoms in total. The number of hydrogen-bond acceptors (Lipinski definition) is 5. The molecule has 0 unspecified atom stereocenters. The molecule has 0 fully saturated rings. The number of anilines is 1. The number of rotatable bonds is 10. The molecule has 4 aromatic carbocycles. The Morgan fingerprint density at radius 3 is 2.21 bits per heavy atom. The number of nitrogens with zero attached hydrogens (tertiary/aromatic N) is 2. The molecular formula is C28H23Cl2N3O4S. The van der Waals surface area contributed by atoms with Gasteiger partial charge in [-0.3, -0.25) is 9.10 Å². The molecule has 0 aliphatic rings. The smallest absolute Gasteiger partial charge is 0.264 e. The summed E-state index contributed by atoms with van der Waals surface area (Å²) >= 11 is 12.1. The Kier molecular flexibility index (Phi) is 9.02. The summed E-state index contributed by atoms with van der Waals surface area (Å²) in [6.07, 6.45) is 1.45. The van der Waals surface area contributed by atoms with Crippen molar-refractivity contribution in [1.29, 1.82) is 0 Å². The van der Waals surface area contributed by atoms with Crippen LogP contribution in [0, 0.1) is 0 Å². The lowest BCUT2D eigenvalue weighted by atomic mass is 10.2. The Labute approximate surface area is 231 Å². The third kappa shape index (κ3) is 7.13. The monoisotopic (exact) mass is 567 g/mol. The maximum atomic E-state index is 13.3. The van der Waals surface area contributed by atoms with Gasteiger partial charge >= 0.3 is 0 Å². The summed E-state index contributed by atoms with van der Waals surface area (Å²) in [7, 11) is -4.02. The van der Waals surface area contributed by atoms with E-state index in [1.54, 1.807) is 60.7 Å². The molecule has 10 heteroatoms. The van der Waals surface area contributed by atoms with Gasteiger partial charge in [-0.15, -0.1) is 0 Å². The number of carbonyl (C=O) groups is 1. The molecule has 0 radical (unpaired) electrons. The lowest BCUT2D eigenvalue weighted by Gasteiger charge is -2.23. The van der Waals surface area contributed by atoms with Gasteiger partial charge in [-0.1, -0.05) is 59.6 Å². The number of hydrazone groups is 1. The maximum Gasteiger partial charge on any atom is 0.264 e. The quantitative estimate of drug-likeness (QED) is 0.190. The Balaban J connectivity index is 1.39. The summed E-state index contributed by atoms with van der Waals surface area (Å²) in [4.78, 5) is 12.7. The van der Waals surface area contributed by atoms with Crippen LogP contribution >= 0.6 is 23.2 Å². The summed E-state index contributed by atoms with van der Waals surface area (Å²) in [6.45, 7) is -0.149. The highest BCUT2D eigenvalue weighted by Crippen LogP contribution is 2.25. The van der Waals surface area contributed by atoms with Gasteiger partial charge in [-0.2, -0.15) is 5.10 Å². The van der Waals surface area contributed by atoms with Crippen LogP contribution in [-0.4, -0.2) is 27.1 Å². The molecule has 0 saturated carbocycles.